The minimum absolute atomic E-state index is 0.693. The second kappa shape index (κ2) is 14.6. The summed E-state index contributed by atoms with van der Waals surface area (Å²) in [5, 5.41) is 3.09. The molecule has 0 unspecified atom stereocenters. The lowest BCUT2D eigenvalue weighted by Crippen LogP contribution is -2.49. The van der Waals surface area contributed by atoms with Crippen molar-refractivity contribution in [3.63, 3.8) is 0 Å². The first-order chi connectivity index (χ1) is 26.5. The Kier molecular flexibility index (Phi) is 9.26. The first kappa shape index (κ1) is 34.1. The van der Waals surface area contributed by atoms with Crippen LogP contribution in [0.25, 0.3) is 11.1 Å². The molecule has 54 heavy (non-hydrogen) atoms. The molecule has 0 radical (unpaired) electrons. The lowest BCUT2D eigenvalue weighted by Gasteiger charge is -2.28. The standard InChI is InChI=1S/C51H48N2Si/c1-54(2)50-21-13-12-20-48(50)49-37-47(34-35-51(49)54)53(46-32-26-41(27-33-46)40-14-6-3-7-15-40)45-30-24-39(25-31-45)36-38-22-28-44(29-23-38)52(42-16-8-4-9-17-42)43-18-10-5-11-19-43/h4-5,8-13,16-35,37,40H,3,6-7,14-15,36H2,1-2H3. The Bertz CT molecular complexity index is 2300. The molecule has 7 aromatic rings. The van der Waals surface area contributed by atoms with Crippen molar-refractivity contribution in [2.45, 2.75) is 57.5 Å². The van der Waals surface area contributed by atoms with Gasteiger partial charge in [0.25, 0.3) is 0 Å². The zero-order valence-corrected chi connectivity index (χ0v) is 32.5. The van der Waals surface area contributed by atoms with Gasteiger partial charge in [0, 0.05) is 34.1 Å². The van der Waals surface area contributed by atoms with Crippen LogP contribution in [0.5, 0.6) is 0 Å². The Morgan fingerprint density at radius 2 is 0.870 bits per heavy atom. The summed E-state index contributed by atoms with van der Waals surface area (Å²) in [4.78, 5) is 4.77. The fraction of sp³-hybridized carbons (Fsp3) is 0.176. The van der Waals surface area contributed by atoms with Crippen LogP contribution >= 0.6 is 0 Å². The van der Waals surface area contributed by atoms with Gasteiger partial charge in [-0.1, -0.05) is 135 Å². The van der Waals surface area contributed by atoms with E-state index in [-0.39, 0.29) is 0 Å². The summed E-state index contributed by atoms with van der Waals surface area (Å²) >= 11 is 0. The Labute approximate surface area is 322 Å². The summed E-state index contributed by atoms with van der Waals surface area (Å²) in [5.74, 6) is 0.693. The molecule has 0 saturated heterocycles. The highest BCUT2D eigenvalue weighted by molar-refractivity contribution is 7.03. The maximum atomic E-state index is 2.49. The molecule has 0 aromatic heterocycles. The van der Waals surface area contributed by atoms with Gasteiger partial charge < -0.3 is 9.80 Å². The van der Waals surface area contributed by atoms with E-state index in [1.165, 1.54) is 82.2 Å². The average molecular weight is 717 g/mol. The summed E-state index contributed by atoms with van der Waals surface area (Å²) < 4.78 is 0. The van der Waals surface area contributed by atoms with Crippen molar-refractivity contribution < 1.29 is 0 Å². The van der Waals surface area contributed by atoms with E-state index in [1.54, 1.807) is 5.19 Å². The van der Waals surface area contributed by atoms with E-state index < -0.39 is 8.07 Å². The largest absolute Gasteiger partial charge is 0.311 e. The third-order valence-electron chi connectivity index (χ3n) is 11.9. The lowest BCUT2D eigenvalue weighted by molar-refractivity contribution is 0.443. The summed E-state index contributed by atoms with van der Waals surface area (Å²) in [6, 6.07) is 65.3. The molecule has 2 aliphatic rings. The zero-order valence-electron chi connectivity index (χ0n) is 31.5. The Morgan fingerprint density at radius 1 is 0.426 bits per heavy atom. The highest BCUT2D eigenvalue weighted by atomic mass is 28.3. The first-order valence-corrected chi connectivity index (χ1v) is 22.8. The number of fused-ring (bicyclic) bond motifs is 3. The number of anilines is 6. The normalized spacial score (nSPS) is 14.6. The number of hydrogen-bond acceptors (Lipinski definition) is 2. The zero-order chi connectivity index (χ0) is 36.5. The van der Waals surface area contributed by atoms with Crippen molar-refractivity contribution in [1.82, 2.24) is 0 Å². The quantitative estimate of drug-likeness (QED) is 0.137. The highest BCUT2D eigenvalue weighted by Gasteiger charge is 2.37. The monoisotopic (exact) mass is 716 g/mol. The molecule has 0 N–H and O–H groups in total. The molecule has 1 heterocycles. The second-order valence-electron chi connectivity index (χ2n) is 15.7. The topological polar surface area (TPSA) is 6.48 Å². The van der Waals surface area contributed by atoms with Gasteiger partial charge in [0.15, 0.2) is 0 Å². The van der Waals surface area contributed by atoms with E-state index in [0.29, 0.717) is 5.92 Å². The van der Waals surface area contributed by atoms with Gasteiger partial charge in [-0.3, -0.25) is 0 Å². The Hall–Kier alpha value is -5.64. The molecule has 0 amide bonds. The molecule has 1 aliphatic carbocycles. The number of benzene rings is 7. The van der Waals surface area contributed by atoms with E-state index >= 15 is 0 Å². The predicted molar refractivity (Wildman–Crippen MR) is 233 cm³/mol. The van der Waals surface area contributed by atoms with Crippen molar-refractivity contribution in [2.24, 2.45) is 0 Å². The molecule has 0 atom stereocenters. The van der Waals surface area contributed by atoms with Crippen LogP contribution in [0.15, 0.2) is 176 Å². The number of hydrogen-bond donors (Lipinski definition) is 0. The number of para-hydroxylation sites is 2. The molecule has 1 aliphatic heterocycles. The predicted octanol–water partition coefficient (Wildman–Crippen LogP) is 13.1. The van der Waals surface area contributed by atoms with Crippen LogP contribution in [0.1, 0.15) is 54.7 Å². The van der Waals surface area contributed by atoms with Crippen LogP contribution < -0.4 is 20.2 Å². The molecular weight excluding hydrogens is 669 g/mol. The van der Waals surface area contributed by atoms with Gasteiger partial charge in [-0.05, 0) is 136 Å². The molecule has 0 bridgehead atoms. The first-order valence-electron chi connectivity index (χ1n) is 19.8. The van der Waals surface area contributed by atoms with Crippen LogP contribution in [0.3, 0.4) is 0 Å². The maximum Gasteiger partial charge on any atom is 0.113 e. The van der Waals surface area contributed by atoms with E-state index in [1.807, 2.05) is 0 Å². The van der Waals surface area contributed by atoms with E-state index in [4.69, 9.17) is 0 Å². The molecule has 266 valence electrons. The second-order valence-corrected chi connectivity index (χ2v) is 20.0. The fourth-order valence-electron chi connectivity index (χ4n) is 8.99. The molecule has 2 nitrogen and oxygen atoms in total. The molecule has 1 saturated carbocycles. The molecule has 7 aromatic carbocycles. The van der Waals surface area contributed by atoms with Crippen LogP contribution in [-0.4, -0.2) is 8.07 Å². The van der Waals surface area contributed by atoms with E-state index in [2.05, 4.69) is 199 Å². The number of rotatable bonds is 9. The van der Waals surface area contributed by atoms with Gasteiger partial charge in [-0.15, -0.1) is 0 Å². The molecule has 1 fully saturated rings. The molecule has 0 spiro atoms. The summed E-state index contributed by atoms with van der Waals surface area (Å²) in [7, 11) is -1.74. The lowest BCUT2D eigenvalue weighted by atomic mass is 9.84. The van der Waals surface area contributed by atoms with Gasteiger partial charge in [0.1, 0.15) is 8.07 Å². The van der Waals surface area contributed by atoms with Gasteiger partial charge in [-0.25, -0.2) is 0 Å². The van der Waals surface area contributed by atoms with Gasteiger partial charge in [0.2, 0.25) is 0 Å². The molecule has 3 heteroatoms. The van der Waals surface area contributed by atoms with Crippen LogP contribution in [0.4, 0.5) is 34.1 Å². The van der Waals surface area contributed by atoms with Gasteiger partial charge >= 0.3 is 0 Å². The van der Waals surface area contributed by atoms with Crippen molar-refractivity contribution >= 4 is 52.6 Å². The van der Waals surface area contributed by atoms with Crippen molar-refractivity contribution in [3.8, 4) is 11.1 Å². The van der Waals surface area contributed by atoms with Crippen molar-refractivity contribution in [1.29, 1.82) is 0 Å². The third-order valence-corrected chi connectivity index (χ3v) is 15.4. The van der Waals surface area contributed by atoms with Crippen molar-refractivity contribution in [3.05, 3.63) is 193 Å². The fourth-order valence-corrected chi connectivity index (χ4v) is 12.1. The van der Waals surface area contributed by atoms with Gasteiger partial charge in [-0.2, -0.15) is 0 Å². The smallest absolute Gasteiger partial charge is 0.113 e. The minimum Gasteiger partial charge on any atom is -0.311 e. The summed E-state index contributed by atoms with van der Waals surface area (Å²) in [6.45, 7) is 4.99. The Morgan fingerprint density at radius 3 is 1.44 bits per heavy atom. The Balaban J connectivity index is 1.02. The van der Waals surface area contributed by atoms with Crippen LogP contribution in [0.2, 0.25) is 13.1 Å². The number of nitrogens with zero attached hydrogens (tertiary/aromatic N) is 2. The van der Waals surface area contributed by atoms with E-state index in [9.17, 15) is 0 Å². The highest BCUT2D eigenvalue weighted by Crippen LogP contribution is 2.40. The summed E-state index contributed by atoms with van der Waals surface area (Å²) in [5.41, 5.74) is 14.0. The molecule has 9 rings (SSSR count). The van der Waals surface area contributed by atoms with Crippen molar-refractivity contribution in [2.75, 3.05) is 9.80 Å². The third kappa shape index (κ3) is 6.58. The van der Waals surface area contributed by atoms with E-state index in [0.717, 1.165) is 23.5 Å². The van der Waals surface area contributed by atoms with Crippen LogP contribution in [0, 0.1) is 0 Å². The molecular formula is C51H48N2Si. The summed E-state index contributed by atoms with van der Waals surface area (Å²) in [6.07, 6.45) is 7.59. The van der Waals surface area contributed by atoms with Crippen LogP contribution in [-0.2, 0) is 6.42 Å². The minimum atomic E-state index is -1.74. The maximum absolute atomic E-state index is 2.49. The average Bonchev–Trinajstić information content (AvgIpc) is 3.46. The van der Waals surface area contributed by atoms with Gasteiger partial charge in [0.05, 0.1) is 0 Å². The SMILES string of the molecule is C[Si]1(C)c2ccccc2-c2cc(N(c3ccc(Cc4ccc(N(c5ccccc5)c5ccccc5)cc4)cc3)c3ccc(C4CCCCC4)cc3)ccc21.